The fourth-order valence-corrected chi connectivity index (χ4v) is 5.45. The molecular formula is C24H32O2Si. The van der Waals surface area contributed by atoms with Crippen molar-refractivity contribution in [2.45, 2.75) is 65.3 Å². The summed E-state index contributed by atoms with van der Waals surface area (Å²) in [4.78, 5) is 0. The van der Waals surface area contributed by atoms with E-state index in [2.05, 4.69) is 77.7 Å². The van der Waals surface area contributed by atoms with Gasteiger partial charge in [0, 0.05) is 5.56 Å². The lowest BCUT2D eigenvalue weighted by Gasteiger charge is -2.37. The smallest absolute Gasteiger partial charge is 0.248 e. The minimum atomic E-state index is -1.89. The number of ether oxygens (including phenoxy) is 1. The van der Waals surface area contributed by atoms with E-state index in [9.17, 15) is 0 Å². The average molecular weight is 381 g/mol. The van der Waals surface area contributed by atoms with Crippen LogP contribution in [0.1, 0.15) is 43.9 Å². The summed E-state index contributed by atoms with van der Waals surface area (Å²) in [7, 11) is -1.89. The normalized spacial score (nSPS) is 14.7. The molecule has 0 aliphatic carbocycles. The van der Waals surface area contributed by atoms with Crippen LogP contribution in [0.25, 0.3) is 11.1 Å². The molecule has 2 aromatic carbocycles. The summed E-state index contributed by atoms with van der Waals surface area (Å²) in [5.41, 5.74) is 5.74. The molecule has 0 aromatic heterocycles. The molecule has 2 aromatic rings. The first kappa shape index (κ1) is 19.8. The van der Waals surface area contributed by atoms with Crippen LogP contribution in [0.15, 0.2) is 43.0 Å². The number of aryl methyl sites for hydroxylation is 2. The van der Waals surface area contributed by atoms with Gasteiger partial charge >= 0.3 is 0 Å². The minimum absolute atomic E-state index is 0.355. The van der Waals surface area contributed by atoms with E-state index in [4.69, 9.17) is 9.16 Å². The van der Waals surface area contributed by atoms with Crippen LogP contribution in [0, 0.1) is 6.92 Å². The number of fused-ring (bicyclic) bond motifs is 3. The summed E-state index contributed by atoms with van der Waals surface area (Å²) < 4.78 is 13.2. The summed E-state index contributed by atoms with van der Waals surface area (Å²) in [6, 6.07) is 12.0. The monoisotopic (exact) mass is 380 g/mol. The van der Waals surface area contributed by atoms with Crippen molar-refractivity contribution in [3.8, 4) is 22.6 Å². The van der Waals surface area contributed by atoms with Gasteiger partial charge in [-0.15, -0.1) is 6.58 Å². The molecule has 144 valence electrons. The molecule has 1 aliphatic heterocycles. The first-order valence-corrected chi connectivity index (χ1v) is 13.1. The van der Waals surface area contributed by atoms with Gasteiger partial charge < -0.3 is 9.16 Å². The first-order valence-electron chi connectivity index (χ1n) is 9.94. The highest BCUT2D eigenvalue weighted by Crippen LogP contribution is 2.50. The highest BCUT2D eigenvalue weighted by molar-refractivity contribution is 6.72. The Labute approximate surface area is 165 Å². The van der Waals surface area contributed by atoms with E-state index < -0.39 is 8.32 Å². The largest absolute Gasteiger partial charge is 0.543 e. The van der Waals surface area contributed by atoms with Crippen LogP contribution in [0.3, 0.4) is 0 Å². The summed E-state index contributed by atoms with van der Waals surface area (Å²) in [5.74, 6) is 1.92. The fraction of sp³-hybridized carbons (Fsp3) is 0.417. The second-order valence-electron chi connectivity index (χ2n) is 8.73. The Morgan fingerprint density at radius 2 is 1.93 bits per heavy atom. The predicted octanol–water partition coefficient (Wildman–Crippen LogP) is 7.01. The number of benzene rings is 2. The zero-order valence-corrected chi connectivity index (χ0v) is 18.6. The second-order valence-corrected chi connectivity index (χ2v) is 12.9. The summed E-state index contributed by atoms with van der Waals surface area (Å²) in [5, 5.41) is 0. The van der Waals surface area contributed by atoms with Crippen LogP contribution in [-0.4, -0.2) is 8.32 Å². The Morgan fingerprint density at radius 1 is 1.19 bits per heavy atom. The zero-order chi connectivity index (χ0) is 19.8. The van der Waals surface area contributed by atoms with Crippen LogP contribution < -0.4 is 9.16 Å². The number of hydrogen-bond acceptors (Lipinski definition) is 2. The summed E-state index contributed by atoms with van der Waals surface area (Å²) in [6.07, 6.45) is 4.11. The van der Waals surface area contributed by atoms with Crippen molar-refractivity contribution in [1.29, 1.82) is 0 Å². The van der Waals surface area contributed by atoms with E-state index in [-0.39, 0.29) is 5.60 Å². The third-order valence-electron chi connectivity index (χ3n) is 5.14. The first-order chi connectivity index (χ1) is 12.7. The van der Waals surface area contributed by atoms with Crippen molar-refractivity contribution in [2.24, 2.45) is 0 Å². The number of allylic oxidation sites excluding steroid dienone is 1. The Morgan fingerprint density at radius 3 is 2.59 bits per heavy atom. The van der Waals surface area contributed by atoms with E-state index in [0.29, 0.717) is 0 Å². The third-order valence-corrected chi connectivity index (χ3v) is 7.19. The van der Waals surface area contributed by atoms with Crippen LogP contribution in [-0.2, 0) is 12.0 Å². The van der Waals surface area contributed by atoms with Gasteiger partial charge in [-0.1, -0.05) is 43.2 Å². The lowest BCUT2D eigenvalue weighted by molar-refractivity contribution is 0.105. The molecule has 0 radical (unpaired) electrons. The molecule has 0 saturated heterocycles. The van der Waals surface area contributed by atoms with Gasteiger partial charge in [0.15, 0.2) is 0 Å². The minimum Gasteiger partial charge on any atom is -0.543 e. The van der Waals surface area contributed by atoms with E-state index >= 15 is 0 Å². The number of hydrogen-bond donors (Lipinski definition) is 0. The van der Waals surface area contributed by atoms with Crippen molar-refractivity contribution in [2.75, 3.05) is 0 Å². The van der Waals surface area contributed by atoms with Crippen molar-refractivity contribution >= 4 is 8.32 Å². The maximum atomic E-state index is 6.68. The van der Waals surface area contributed by atoms with Gasteiger partial charge in [0.1, 0.15) is 17.1 Å². The van der Waals surface area contributed by atoms with Gasteiger partial charge in [-0.2, -0.15) is 0 Å². The van der Waals surface area contributed by atoms with Crippen molar-refractivity contribution < 1.29 is 9.16 Å². The standard InChI is InChI=1S/C24H32O2Si/c1-8-10-18-15-21-23(22(16-18)26-27(6,7)13-9-2)19-14-17(3)11-12-20(19)24(4,5)25-21/h9,11-12,14-16H,2,8,10,13H2,1,3-7H3. The van der Waals surface area contributed by atoms with E-state index in [0.717, 1.165) is 35.9 Å². The molecule has 1 aliphatic rings. The molecule has 3 heteroatoms. The number of rotatable bonds is 6. The molecule has 0 bridgehead atoms. The Kier molecular flexibility index (Phi) is 5.26. The van der Waals surface area contributed by atoms with E-state index in [1.165, 1.54) is 22.3 Å². The second kappa shape index (κ2) is 7.20. The zero-order valence-electron chi connectivity index (χ0n) is 17.6. The summed E-state index contributed by atoms with van der Waals surface area (Å²) in [6.45, 7) is 17.1. The molecule has 0 spiro atoms. The molecular weight excluding hydrogens is 348 g/mol. The average Bonchev–Trinajstić information content (AvgIpc) is 2.53. The van der Waals surface area contributed by atoms with Crippen molar-refractivity contribution in [3.63, 3.8) is 0 Å². The quantitative estimate of drug-likeness (QED) is 0.396. The van der Waals surface area contributed by atoms with Crippen LogP contribution in [0.4, 0.5) is 0 Å². The molecule has 3 rings (SSSR count). The van der Waals surface area contributed by atoms with Crippen LogP contribution in [0.2, 0.25) is 19.1 Å². The molecule has 0 amide bonds. The SMILES string of the molecule is C=CC[Si](C)(C)Oc1cc(CCC)cc2c1-c1cc(C)ccc1C(C)(C)O2. The Hall–Kier alpha value is -2.00. The van der Waals surface area contributed by atoms with Gasteiger partial charge in [0.25, 0.3) is 0 Å². The molecule has 1 heterocycles. The molecule has 0 N–H and O–H groups in total. The Balaban J connectivity index is 2.24. The molecule has 27 heavy (non-hydrogen) atoms. The lowest BCUT2D eigenvalue weighted by Crippen LogP contribution is -2.34. The van der Waals surface area contributed by atoms with Gasteiger partial charge in [-0.3, -0.25) is 0 Å². The van der Waals surface area contributed by atoms with Crippen molar-refractivity contribution in [3.05, 3.63) is 59.7 Å². The molecule has 0 unspecified atom stereocenters. The van der Waals surface area contributed by atoms with Gasteiger partial charge in [0.2, 0.25) is 8.32 Å². The topological polar surface area (TPSA) is 18.5 Å². The highest BCUT2D eigenvalue weighted by atomic mass is 28.4. The summed E-state index contributed by atoms with van der Waals surface area (Å²) >= 11 is 0. The van der Waals surface area contributed by atoms with E-state index in [1.54, 1.807) is 0 Å². The maximum absolute atomic E-state index is 6.68. The molecule has 0 atom stereocenters. The van der Waals surface area contributed by atoms with Crippen LogP contribution in [0.5, 0.6) is 11.5 Å². The Bertz CT molecular complexity index is 865. The highest BCUT2D eigenvalue weighted by Gasteiger charge is 2.35. The van der Waals surface area contributed by atoms with Gasteiger partial charge in [0.05, 0.1) is 5.56 Å². The van der Waals surface area contributed by atoms with Crippen molar-refractivity contribution in [1.82, 2.24) is 0 Å². The molecule has 2 nitrogen and oxygen atoms in total. The van der Waals surface area contributed by atoms with Gasteiger partial charge in [-0.05, 0) is 69.6 Å². The molecule has 0 saturated carbocycles. The predicted molar refractivity (Wildman–Crippen MR) is 117 cm³/mol. The molecule has 0 fully saturated rings. The van der Waals surface area contributed by atoms with Gasteiger partial charge in [-0.25, -0.2) is 0 Å². The maximum Gasteiger partial charge on any atom is 0.248 e. The van der Waals surface area contributed by atoms with Crippen LogP contribution >= 0.6 is 0 Å². The fourth-order valence-electron chi connectivity index (χ4n) is 3.91. The third kappa shape index (κ3) is 3.98. The van der Waals surface area contributed by atoms with E-state index in [1.807, 2.05) is 6.08 Å². The lowest BCUT2D eigenvalue weighted by atomic mass is 9.84.